The molecule has 0 atom stereocenters. The minimum atomic E-state index is 0.0618. The fraction of sp³-hybridized carbons (Fsp3) is 0.467. The highest BCUT2D eigenvalue weighted by molar-refractivity contribution is 7.15. The highest BCUT2D eigenvalue weighted by atomic mass is 32.1. The van der Waals surface area contributed by atoms with Gasteiger partial charge in [0, 0.05) is 12.7 Å². The standard InChI is InChI=1S/C15H21N3OS/c1-4-18(9-12-7-5-6-8-16-12)15-17-14(11(2)3)13(10-19)20-15/h5-8,11,19H,4,9-10H2,1-3H3. The van der Waals surface area contributed by atoms with E-state index in [2.05, 4.69) is 30.7 Å². The van der Waals surface area contributed by atoms with E-state index in [1.165, 1.54) is 0 Å². The summed E-state index contributed by atoms with van der Waals surface area (Å²) in [5, 5.41) is 10.4. The lowest BCUT2D eigenvalue weighted by atomic mass is 10.1. The molecule has 0 saturated heterocycles. The van der Waals surface area contributed by atoms with Crippen LogP contribution >= 0.6 is 11.3 Å². The van der Waals surface area contributed by atoms with Crippen LogP contribution in [0.15, 0.2) is 24.4 Å². The van der Waals surface area contributed by atoms with Gasteiger partial charge in [-0.25, -0.2) is 4.98 Å². The van der Waals surface area contributed by atoms with Crippen molar-refractivity contribution in [1.82, 2.24) is 9.97 Å². The maximum absolute atomic E-state index is 9.46. The molecule has 108 valence electrons. The fourth-order valence-corrected chi connectivity index (χ4v) is 3.19. The molecule has 0 aliphatic rings. The van der Waals surface area contributed by atoms with Crippen LogP contribution in [-0.4, -0.2) is 21.6 Å². The van der Waals surface area contributed by atoms with Gasteiger partial charge >= 0.3 is 0 Å². The predicted molar refractivity (Wildman–Crippen MR) is 83.1 cm³/mol. The van der Waals surface area contributed by atoms with Crippen molar-refractivity contribution < 1.29 is 5.11 Å². The molecule has 0 fully saturated rings. The zero-order valence-electron chi connectivity index (χ0n) is 12.2. The van der Waals surface area contributed by atoms with Gasteiger partial charge in [0.1, 0.15) is 0 Å². The summed E-state index contributed by atoms with van der Waals surface area (Å²) in [6.07, 6.45) is 1.81. The van der Waals surface area contributed by atoms with Gasteiger partial charge in [0.25, 0.3) is 0 Å². The average Bonchev–Trinajstić information content (AvgIpc) is 2.90. The minimum absolute atomic E-state index is 0.0618. The molecular weight excluding hydrogens is 270 g/mol. The molecule has 0 amide bonds. The molecule has 0 unspecified atom stereocenters. The van der Waals surface area contributed by atoms with E-state index in [1.807, 2.05) is 24.4 Å². The number of nitrogens with zero attached hydrogens (tertiary/aromatic N) is 3. The lowest BCUT2D eigenvalue weighted by molar-refractivity contribution is 0.283. The van der Waals surface area contributed by atoms with Gasteiger partial charge in [0.15, 0.2) is 5.13 Å². The normalized spacial score (nSPS) is 11.1. The predicted octanol–water partition coefficient (Wildman–Crippen LogP) is 3.18. The van der Waals surface area contributed by atoms with E-state index in [0.717, 1.165) is 34.5 Å². The van der Waals surface area contributed by atoms with Gasteiger partial charge in [-0.3, -0.25) is 4.98 Å². The van der Waals surface area contributed by atoms with E-state index < -0.39 is 0 Å². The number of anilines is 1. The molecule has 4 nitrogen and oxygen atoms in total. The van der Waals surface area contributed by atoms with Crippen LogP contribution in [0.5, 0.6) is 0 Å². The molecule has 2 rings (SSSR count). The van der Waals surface area contributed by atoms with Gasteiger partial charge in [0.2, 0.25) is 0 Å². The number of hydrogen-bond acceptors (Lipinski definition) is 5. The Labute approximate surface area is 124 Å². The van der Waals surface area contributed by atoms with Crippen LogP contribution in [0.3, 0.4) is 0 Å². The number of hydrogen-bond donors (Lipinski definition) is 1. The average molecular weight is 291 g/mol. The molecular formula is C15H21N3OS. The molecule has 20 heavy (non-hydrogen) atoms. The summed E-state index contributed by atoms with van der Waals surface area (Å²) in [6.45, 7) is 7.99. The topological polar surface area (TPSA) is 49.2 Å². The van der Waals surface area contributed by atoms with Gasteiger partial charge in [-0.15, -0.1) is 0 Å². The lowest BCUT2D eigenvalue weighted by Gasteiger charge is -2.19. The lowest BCUT2D eigenvalue weighted by Crippen LogP contribution is -2.22. The second-order valence-electron chi connectivity index (χ2n) is 4.95. The first-order valence-electron chi connectivity index (χ1n) is 6.91. The molecule has 2 aromatic heterocycles. The summed E-state index contributed by atoms with van der Waals surface area (Å²) in [5.74, 6) is 0.329. The molecule has 5 heteroatoms. The van der Waals surface area contributed by atoms with Crippen molar-refractivity contribution in [2.24, 2.45) is 0 Å². The number of thiazole rings is 1. The fourth-order valence-electron chi connectivity index (χ4n) is 2.05. The third-order valence-electron chi connectivity index (χ3n) is 3.14. The summed E-state index contributed by atoms with van der Waals surface area (Å²) in [6, 6.07) is 5.94. The van der Waals surface area contributed by atoms with Crippen LogP contribution < -0.4 is 4.90 Å². The van der Waals surface area contributed by atoms with Gasteiger partial charge in [0.05, 0.1) is 29.4 Å². The summed E-state index contributed by atoms with van der Waals surface area (Å²) in [7, 11) is 0. The number of aliphatic hydroxyl groups is 1. The largest absolute Gasteiger partial charge is 0.391 e. The number of aliphatic hydroxyl groups excluding tert-OH is 1. The summed E-state index contributed by atoms with van der Waals surface area (Å²) < 4.78 is 0. The first-order valence-corrected chi connectivity index (χ1v) is 7.72. The van der Waals surface area contributed by atoms with Crippen molar-refractivity contribution in [3.8, 4) is 0 Å². The zero-order chi connectivity index (χ0) is 14.5. The zero-order valence-corrected chi connectivity index (χ0v) is 13.0. The van der Waals surface area contributed by atoms with Crippen molar-refractivity contribution in [3.05, 3.63) is 40.7 Å². The SMILES string of the molecule is CCN(Cc1ccccn1)c1nc(C(C)C)c(CO)s1. The molecule has 2 aromatic rings. The maximum Gasteiger partial charge on any atom is 0.186 e. The van der Waals surface area contributed by atoms with E-state index in [9.17, 15) is 5.11 Å². The van der Waals surface area contributed by atoms with Crippen molar-refractivity contribution >= 4 is 16.5 Å². The molecule has 0 spiro atoms. The number of pyridine rings is 1. The molecule has 0 saturated carbocycles. The highest BCUT2D eigenvalue weighted by Crippen LogP contribution is 2.31. The maximum atomic E-state index is 9.46. The van der Waals surface area contributed by atoms with Crippen molar-refractivity contribution in [1.29, 1.82) is 0 Å². The first kappa shape index (κ1) is 14.9. The monoisotopic (exact) mass is 291 g/mol. The van der Waals surface area contributed by atoms with Crippen LogP contribution in [-0.2, 0) is 13.2 Å². The Bertz CT molecular complexity index is 539. The second-order valence-corrected chi connectivity index (χ2v) is 6.01. The molecule has 0 radical (unpaired) electrons. The molecule has 0 bridgehead atoms. The summed E-state index contributed by atoms with van der Waals surface area (Å²) in [5.41, 5.74) is 2.04. The van der Waals surface area contributed by atoms with Crippen LogP contribution in [0.25, 0.3) is 0 Å². The molecule has 1 N–H and O–H groups in total. The van der Waals surface area contributed by atoms with Gasteiger partial charge in [-0.05, 0) is 25.0 Å². The van der Waals surface area contributed by atoms with E-state index in [0.29, 0.717) is 5.92 Å². The molecule has 0 aromatic carbocycles. The second kappa shape index (κ2) is 6.81. The Kier molecular flexibility index (Phi) is 5.09. The Morgan fingerprint density at radius 2 is 2.15 bits per heavy atom. The van der Waals surface area contributed by atoms with Crippen LogP contribution in [0.4, 0.5) is 5.13 Å². The van der Waals surface area contributed by atoms with E-state index in [4.69, 9.17) is 4.98 Å². The third kappa shape index (κ3) is 3.35. The van der Waals surface area contributed by atoms with Crippen LogP contribution in [0, 0.1) is 0 Å². The summed E-state index contributed by atoms with van der Waals surface area (Å²) in [4.78, 5) is 12.2. The molecule has 2 heterocycles. The Morgan fingerprint density at radius 3 is 2.65 bits per heavy atom. The Balaban J connectivity index is 2.23. The smallest absolute Gasteiger partial charge is 0.186 e. The highest BCUT2D eigenvalue weighted by Gasteiger charge is 2.17. The van der Waals surface area contributed by atoms with E-state index in [-0.39, 0.29) is 6.61 Å². The van der Waals surface area contributed by atoms with Gasteiger partial charge in [-0.1, -0.05) is 31.3 Å². The molecule has 0 aliphatic heterocycles. The van der Waals surface area contributed by atoms with Crippen molar-refractivity contribution in [2.45, 2.75) is 39.8 Å². The first-order chi connectivity index (χ1) is 9.65. The Morgan fingerprint density at radius 1 is 1.35 bits per heavy atom. The van der Waals surface area contributed by atoms with Gasteiger partial charge in [-0.2, -0.15) is 0 Å². The number of rotatable bonds is 6. The van der Waals surface area contributed by atoms with Crippen molar-refractivity contribution in [2.75, 3.05) is 11.4 Å². The third-order valence-corrected chi connectivity index (χ3v) is 4.25. The Hall–Kier alpha value is -1.46. The van der Waals surface area contributed by atoms with Gasteiger partial charge < -0.3 is 10.0 Å². The molecule has 0 aliphatic carbocycles. The summed E-state index contributed by atoms with van der Waals surface area (Å²) >= 11 is 1.58. The number of aromatic nitrogens is 2. The van der Waals surface area contributed by atoms with Crippen LogP contribution in [0.1, 0.15) is 43.0 Å². The van der Waals surface area contributed by atoms with Crippen LogP contribution in [0.2, 0.25) is 0 Å². The van der Waals surface area contributed by atoms with E-state index in [1.54, 1.807) is 11.3 Å². The minimum Gasteiger partial charge on any atom is -0.391 e. The quantitative estimate of drug-likeness (QED) is 0.888. The van der Waals surface area contributed by atoms with E-state index >= 15 is 0 Å². The van der Waals surface area contributed by atoms with Crippen molar-refractivity contribution in [3.63, 3.8) is 0 Å².